The number of hydrogen-bond acceptors (Lipinski definition) is 6. The van der Waals surface area contributed by atoms with Crippen LogP contribution in [0.4, 0.5) is 0 Å². The topological polar surface area (TPSA) is 85.4 Å². The van der Waals surface area contributed by atoms with Gasteiger partial charge in [-0.1, -0.05) is 18.6 Å². The van der Waals surface area contributed by atoms with Gasteiger partial charge in [-0.25, -0.2) is 0 Å². The lowest BCUT2D eigenvalue weighted by Gasteiger charge is -2.56. The molecule has 5 fully saturated rings. The van der Waals surface area contributed by atoms with E-state index in [-0.39, 0.29) is 46.6 Å². The maximum atomic E-state index is 13.2. The minimum Gasteiger partial charge on any atom is -0.388 e. The van der Waals surface area contributed by atoms with Gasteiger partial charge in [0.15, 0.2) is 23.0 Å². The van der Waals surface area contributed by atoms with Crippen molar-refractivity contribution < 1.29 is 28.9 Å². The van der Waals surface area contributed by atoms with Crippen molar-refractivity contribution in [2.24, 2.45) is 22.7 Å². The number of ketones is 2. The number of aliphatic hydroxyl groups excluding tert-OH is 1. The predicted octanol–water partition coefficient (Wildman–Crippen LogP) is 2.49. The normalized spacial score (nSPS) is 54.4. The Morgan fingerprint density at radius 1 is 1.17 bits per heavy atom. The third kappa shape index (κ3) is 1.88. The number of epoxide rings is 1. The molecule has 2 heterocycles. The van der Waals surface area contributed by atoms with Crippen LogP contribution in [-0.2, 0) is 23.8 Å². The summed E-state index contributed by atoms with van der Waals surface area (Å²) in [4.78, 5) is 25.2. The highest BCUT2D eigenvalue weighted by atomic mass is 16.8. The van der Waals surface area contributed by atoms with E-state index in [9.17, 15) is 14.7 Å². The average molecular weight is 414 g/mol. The fourth-order valence-electron chi connectivity index (χ4n) is 8.36. The first-order valence-electron chi connectivity index (χ1n) is 11.2. The van der Waals surface area contributed by atoms with Crippen molar-refractivity contribution in [1.29, 1.82) is 0 Å². The molecule has 0 radical (unpaired) electrons. The quantitative estimate of drug-likeness (QED) is 0.699. The van der Waals surface area contributed by atoms with Crippen LogP contribution >= 0.6 is 0 Å². The molecule has 6 aliphatic rings. The second kappa shape index (κ2) is 5.34. The highest BCUT2D eigenvalue weighted by molar-refractivity contribution is 6.01. The number of Topliss-reactive ketones (excluding diaryl/α,β-unsaturated/α-hetero) is 1. The first kappa shape index (κ1) is 19.4. The number of hydrogen-bond donors (Lipinski definition) is 1. The van der Waals surface area contributed by atoms with Crippen molar-refractivity contribution in [3.8, 4) is 0 Å². The van der Waals surface area contributed by atoms with E-state index in [1.807, 2.05) is 13.8 Å². The van der Waals surface area contributed by atoms with Crippen molar-refractivity contribution in [3.63, 3.8) is 0 Å². The Kier molecular flexibility index (Phi) is 3.45. The summed E-state index contributed by atoms with van der Waals surface area (Å²) in [5.74, 6) is -0.629. The lowest BCUT2D eigenvalue weighted by Crippen LogP contribution is -2.63. The van der Waals surface area contributed by atoms with Gasteiger partial charge in [0.05, 0.1) is 12.2 Å². The molecular formula is C24H30O6. The number of fused-ring (bicyclic) bond motifs is 5. The van der Waals surface area contributed by atoms with Crippen LogP contribution in [0.2, 0.25) is 0 Å². The van der Waals surface area contributed by atoms with Crippen LogP contribution in [0.1, 0.15) is 53.4 Å². The molecule has 2 aliphatic heterocycles. The molecule has 0 bridgehead atoms. The molecule has 4 aliphatic carbocycles. The summed E-state index contributed by atoms with van der Waals surface area (Å²) >= 11 is 0. The van der Waals surface area contributed by atoms with Gasteiger partial charge < -0.3 is 19.3 Å². The van der Waals surface area contributed by atoms with Crippen molar-refractivity contribution in [1.82, 2.24) is 0 Å². The molecule has 0 aromatic heterocycles. The van der Waals surface area contributed by atoms with Gasteiger partial charge in [0.25, 0.3) is 0 Å². The van der Waals surface area contributed by atoms with Crippen LogP contribution < -0.4 is 0 Å². The van der Waals surface area contributed by atoms with Crippen LogP contribution in [0.3, 0.4) is 0 Å². The van der Waals surface area contributed by atoms with Crippen LogP contribution in [0, 0.1) is 22.7 Å². The highest BCUT2D eigenvalue weighted by Gasteiger charge is 2.84. The van der Waals surface area contributed by atoms with Crippen molar-refractivity contribution >= 4 is 11.6 Å². The largest absolute Gasteiger partial charge is 0.388 e. The minimum absolute atomic E-state index is 0.00438. The lowest BCUT2D eigenvalue weighted by atomic mass is 9.46. The number of allylic oxidation sites excluding steroid dienone is 2. The predicted molar refractivity (Wildman–Crippen MR) is 106 cm³/mol. The van der Waals surface area contributed by atoms with Gasteiger partial charge >= 0.3 is 0 Å². The second-order valence-corrected chi connectivity index (χ2v) is 11.0. The van der Waals surface area contributed by atoms with Crippen molar-refractivity contribution in [2.75, 3.05) is 6.61 Å². The molecule has 30 heavy (non-hydrogen) atoms. The van der Waals surface area contributed by atoms with Crippen LogP contribution in [0.25, 0.3) is 0 Å². The minimum atomic E-state index is -1.14. The Morgan fingerprint density at radius 2 is 1.93 bits per heavy atom. The van der Waals surface area contributed by atoms with E-state index in [2.05, 4.69) is 19.9 Å². The molecule has 0 aromatic carbocycles. The molecule has 0 unspecified atom stereocenters. The summed E-state index contributed by atoms with van der Waals surface area (Å²) < 4.78 is 19.2. The maximum absolute atomic E-state index is 13.2. The van der Waals surface area contributed by atoms with E-state index >= 15 is 0 Å². The Labute approximate surface area is 176 Å². The summed E-state index contributed by atoms with van der Waals surface area (Å²) in [7, 11) is 0. The molecule has 6 heteroatoms. The molecule has 3 saturated carbocycles. The highest BCUT2D eigenvalue weighted by Crippen LogP contribution is 2.77. The molecule has 1 spiro atoms. The molecule has 6 rings (SSSR count). The second-order valence-electron chi connectivity index (χ2n) is 11.0. The molecule has 162 valence electrons. The van der Waals surface area contributed by atoms with E-state index in [0.717, 1.165) is 19.3 Å². The van der Waals surface area contributed by atoms with Gasteiger partial charge in [-0.2, -0.15) is 0 Å². The van der Waals surface area contributed by atoms with E-state index in [0.29, 0.717) is 6.42 Å². The maximum Gasteiger partial charge on any atom is 0.193 e. The Morgan fingerprint density at radius 3 is 2.67 bits per heavy atom. The van der Waals surface area contributed by atoms with E-state index in [1.54, 1.807) is 12.2 Å². The zero-order valence-electron chi connectivity index (χ0n) is 18.1. The first-order chi connectivity index (χ1) is 14.0. The number of carbonyl (C=O) groups is 2. The Bertz CT molecular complexity index is 934. The zero-order chi connectivity index (χ0) is 21.3. The zero-order valence-corrected chi connectivity index (χ0v) is 18.1. The first-order valence-corrected chi connectivity index (χ1v) is 11.2. The number of ether oxygens (including phenoxy) is 3. The van der Waals surface area contributed by atoms with Gasteiger partial charge in [-0.15, -0.1) is 0 Å². The van der Waals surface area contributed by atoms with Gasteiger partial charge in [-0.05, 0) is 70.4 Å². The Hall–Kier alpha value is -1.34. The van der Waals surface area contributed by atoms with Gasteiger partial charge in [0.1, 0.15) is 12.2 Å². The van der Waals surface area contributed by atoms with Crippen molar-refractivity contribution in [3.05, 3.63) is 23.8 Å². The summed E-state index contributed by atoms with van der Waals surface area (Å²) in [6.45, 7) is 7.50. The Balaban J connectivity index is 1.46. The summed E-state index contributed by atoms with van der Waals surface area (Å²) in [6, 6.07) is 0. The number of aliphatic hydroxyl groups is 1. The molecular weight excluding hydrogens is 384 g/mol. The van der Waals surface area contributed by atoms with Crippen LogP contribution in [-0.4, -0.2) is 52.5 Å². The lowest BCUT2D eigenvalue weighted by molar-refractivity contribution is -0.211. The number of rotatable bonds is 2. The van der Waals surface area contributed by atoms with E-state index in [1.165, 1.54) is 5.57 Å². The summed E-state index contributed by atoms with van der Waals surface area (Å²) in [5.41, 5.74) is -1.04. The van der Waals surface area contributed by atoms with Gasteiger partial charge in [-0.3, -0.25) is 9.59 Å². The molecule has 0 amide bonds. The molecule has 0 aromatic rings. The summed E-state index contributed by atoms with van der Waals surface area (Å²) in [5, 5.41) is 9.87. The third-order valence-corrected chi connectivity index (χ3v) is 9.48. The monoisotopic (exact) mass is 414 g/mol. The molecule has 2 saturated heterocycles. The van der Waals surface area contributed by atoms with E-state index < -0.39 is 23.4 Å². The SMILES string of the molecule is CC1(C)O[C@@H]2C[C@H]3[C@@H]4CCC5=CC(=O)C=C[C@]5(C)[C@@]45O[C@H]5C[C@]3(C)[C@]2(C(=O)CO)O1. The van der Waals surface area contributed by atoms with Gasteiger partial charge in [0.2, 0.25) is 0 Å². The molecule has 8 atom stereocenters. The molecule has 1 N–H and O–H groups in total. The summed E-state index contributed by atoms with van der Waals surface area (Å²) in [6.07, 6.45) is 8.40. The number of carbonyl (C=O) groups excluding carboxylic acids is 2. The standard InChI is InChI=1S/C24H30O6/c1-20(2)28-18-10-16-15-6-5-13-9-14(26)7-8-21(13,3)23(15)19(29-23)11-22(16,4)24(18,30-20)17(27)12-25/h7-9,15-16,18-19,25H,5-6,10-12H2,1-4H3/t15-,16-,18+,19-,21-,22-,23+,24+/m0/s1. The van der Waals surface area contributed by atoms with Gasteiger partial charge in [0, 0.05) is 10.8 Å². The third-order valence-electron chi connectivity index (χ3n) is 9.48. The molecule has 6 nitrogen and oxygen atoms in total. The van der Waals surface area contributed by atoms with Crippen molar-refractivity contribution in [2.45, 2.75) is 82.6 Å². The average Bonchev–Trinajstić information content (AvgIpc) is 3.25. The van der Waals surface area contributed by atoms with Crippen LogP contribution in [0.5, 0.6) is 0 Å². The van der Waals surface area contributed by atoms with E-state index in [4.69, 9.17) is 14.2 Å². The fraction of sp³-hybridized carbons (Fsp3) is 0.750. The fourth-order valence-corrected chi connectivity index (χ4v) is 8.36. The smallest absolute Gasteiger partial charge is 0.193 e. The van der Waals surface area contributed by atoms with Crippen LogP contribution in [0.15, 0.2) is 23.8 Å².